The Hall–Kier alpha value is -1.71. The van der Waals surface area contributed by atoms with Crippen LogP contribution in [0.25, 0.3) is 0 Å². The molecule has 4 heteroatoms. The molecule has 0 amide bonds. The summed E-state index contributed by atoms with van der Waals surface area (Å²) in [5.41, 5.74) is 2.13. The van der Waals surface area contributed by atoms with Gasteiger partial charge in [0, 0.05) is 19.6 Å². The molecule has 92 valence electrons. The molecule has 2 rings (SSSR count). The van der Waals surface area contributed by atoms with Crippen molar-refractivity contribution in [1.82, 2.24) is 0 Å². The van der Waals surface area contributed by atoms with Crippen molar-refractivity contribution in [3.05, 3.63) is 24.3 Å². The molecule has 1 N–H and O–H groups in total. The minimum absolute atomic E-state index is 0.0615. The van der Waals surface area contributed by atoms with E-state index in [4.69, 9.17) is 5.11 Å². The molecule has 17 heavy (non-hydrogen) atoms. The average molecular weight is 234 g/mol. The third-order valence-corrected chi connectivity index (χ3v) is 3.32. The van der Waals surface area contributed by atoms with E-state index in [9.17, 15) is 4.79 Å². The monoisotopic (exact) mass is 234 g/mol. The van der Waals surface area contributed by atoms with E-state index in [1.807, 2.05) is 29.2 Å². The summed E-state index contributed by atoms with van der Waals surface area (Å²) >= 11 is 0. The number of carbonyl (C=O) groups is 1. The predicted octanol–water partition coefficient (Wildman–Crippen LogP) is 1.81. The Bertz CT molecular complexity index is 420. The van der Waals surface area contributed by atoms with Crippen LogP contribution in [0.1, 0.15) is 13.3 Å². The molecule has 0 spiro atoms. The molecule has 0 saturated carbocycles. The summed E-state index contributed by atoms with van der Waals surface area (Å²) in [6, 6.07) is 8.24. The first-order chi connectivity index (χ1) is 8.09. The molecule has 1 aliphatic rings. The van der Waals surface area contributed by atoms with Gasteiger partial charge in [0.15, 0.2) is 0 Å². The van der Waals surface area contributed by atoms with Gasteiger partial charge in [-0.25, -0.2) is 0 Å². The zero-order valence-electron chi connectivity index (χ0n) is 10.3. The molecule has 4 nitrogen and oxygen atoms in total. The molecule has 0 radical (unpaired) electrons. The fourth-order valence-electron chi connectivity index (χ4n) is 2.31. The Morgan fingerprint density at radius 1 is 1.41 bits per heavy atom. The largest absolute Gasteiger partial charge is 0.480 e. The van der Waals surface area contributed by atoms with E-state index in [1.165, 1.54) is 0 Å². The third-order valence-electron chi connectivity index (χ3n) is 3.32. The quantitative estimate of drug-likeness (QED) is 0.847. The summed E-state index contributed by atoms with van der Waals surface area (Å²) in [6.07, 6.45) is 0.971. The fourth-order valence-corrected chi connectivity index (χ4v) is 2.31. The summed E-state index contributed by atoms with van der Waals surface area (Å²) < 4.78 is 0. The number of benzene rings is 1. The molecule has 1 heterocycles. The second-order valence-corrected chi connectivity index (χ2v) is 4.57. The lowest BCUT2D eigenvalue weighted by molar-refractivity contribution is -0.135. The number of fused-ring (bicyclic) bond motifs is 1. The van der Waals surface area contributed by atoms with Gasteiger partial charge >= 0.3 is 5.97 Å². The molecule has 1 atom stereocenters. The summed E-state index contributed by atoms with van der Waals surface area (Å²) in [7, 11) is 2.05. The normalized spacial score (nSPS) is 19.8. The van der Waals surface area contributed by atoms with Gasteiger partial charge in [-0.3, -0.25) is 4.79 Å². The van der Waals surface area contributed by atoms with Crippen LogP contribution in [0, 0.1) is 0 Å². The predicted molar refractivity (Wildman–Crippen MR) is 68.8 cm³/mol. The standard InChI is InChI=1S/C13H18N2O2/c1-10-7-8-14(2)11-5-3-4-6-12(11)15(10)9-13(16)17/h3-6,10H,7-9H2,1-2H3,(H,16,17). The summed E-state index contributed by atoms with van der Waals surface area (Å²) in [5.74, 6) is -0.781. The van der Waals surface area contributed by atoms with E-state index in [2.05, 4.69) is 18.9 Å². The number of hydrogen-bond donors (Lipinski definition) is 1. The van der Waals surface area contributed by atoms with Gasteiger partial charge in [-0.15, -0.1) is 0 Å². The Labute approximate surface area is 101 Å². The summed E-state index contributed by atoms with van der Waals surface area (Å²) in [6.45, 7) is 3.10. The van der Waals surface area contributed by atoms with E-state index in [0.717, 1.165) is 24.3 Å². The van der Waals surface area contributed by atoms with Crippen LogP contribution in [0.5, 0.6) is 0 Å². The molecule has 0 aromatic heterocycles. The zero-order chi connectivity index (χ0) is 12.4. The maximum absolute atomic E-state index is 11.0. The van der Waals surface area contributed by atoms with Crippen LogP contribution in [0.4, 0.5) is 11.4 Å². The van der Waals surface area contributed by atoms with Crippen molar-refractivity contribution in [3.63, 3.8) is 0 Å². The lowest BCUT2D eigenvalue weighted by atomic mass is 10.2. The fraction of sp³-hybridized carbons (Fsp3) is 0.462. The van der Waals surface area contributed by atoms with Gasteiger partial charge in [0.25, 0.3) is 0 Å². The van der Waals surface area contributed by atoms with Gasteiger partial charge in [-0.1, -0.05) is 12.1 Å². The maximum atomic E-state index is 11.0. The van der Waals surface area contributed by atoms with Gasteiger partial charge < -0.3 is 14.9 Å². The highest BCUT2D eigenvalue weighted by Crippen LogP contribution is 2.33. The summed E-state index contributed by atoms with van der Waals surface area (Å²) in [4.78, 5) is 15.1. The highest BCUT2D eigenvalue weighted by atomic mass is 16.4. The molecule has 1 aromatic rings. The maximum Gasteiger partial charge on any atom is 0.323 e. The minimum Gasteiger partial charge on any atom is -0.480 e. The van der Waals surface area contributed by atoms with Crippen molar-refractivity contribution >= 4 is 17.3 Å². The topological polar surface area (TPSA) is 43.8 Å². The van der Waals surface area contributed by atoms with Crippen molar-refractivity contribution in [2.24, 2.45) is 0 Å². The van der Waals surface area contributed by atoms with Crippen LogP contribution in [0.2, 0.25) is 0 Å². The number of carboxylic acids is 1. The number of carboxylic acid groups (broad SMARTS) is 1. The highest BCUT2D eigenvalue weighted by Gasteiger charge is 2.24. The molecular weight excluding hydrogens is 216 g/mol. The van der Waals surface area contributed by atoms with Crippen molar-refractivity contribution in [3.8, 4) is 0 Å². The number of rotatable bonds is 2. The number of anilines is 2. The first-order valence-electron chi connectivity index (χ1n) is 5.88. The first-order valence-corrected chi connectivity index (χ1v) is 5.88. The zero-order valence-corrected chi connectivity index (χ0v) is 10.3. The minimum atomic E-state index is -0.781. The van der Waals surface area contributed by atoms with Crippen LogP contribution in [-0.2, 0) is 4.79 Å². The SMILES string of the molecule is CC1CCN(C)c2ccccc2N1CC(=O)O. The molecule has 1 aromatic carbocycles. The van der Waals surface area contributed by atoms with E-state index >= 15 is 0 Å². The second kappa shape index (κ2) is 4.65. The van der Waals surface area contributed by atoms with Crippen LogP contribution in [0.3, 0.4) is 0 Å². The van der Waals surface area contributed by atoms with E-state index in [0.29, 0.717) is 0 Å². The molecule has 1 unspecified atom stereocenters. The van der Waals surface area contributed by atoms with Crippen molar-refractivity contribution in [2.45, 2.75) is 19.4 Å². The van der Waals surface area contributed by atoms with Gasteiger partial charge in [0.05, 0.1) is 11.4 Å². The van der Waals surface area contributed by atoms with Crippen molar-refractivity contribution in [2.75, 3.05) is 29.9 Å². The highest BCUT2D eigenvalue weighted by molar-refractivity contribution is 5.79. The molecule has 0 aliphatic carbocycles. The van der Waals surface area contributed by atoms with Gasteiger partial charge in [-0.2, -0.15) is 0 Å². The van der Waals surface area contributed by atoms with Crippen LogP contribution < -0.4 is 9.80 Å². The lowest BCUT2D eigenvalue weighted by Gasteiger charge is -2.28. The number of aliphatic carboxylic acids is 1. The first kappa shape index (κ1) is 11.8. The van der Waals surface area contributed by atoms with Gasteiger partial charge in [0.2, 0.25) is 0 Å². The Kier molecular flexibility index (Phi) is 3.22. The van der Waals surface area contributed by atoms with Gasteiger partial charge in [0.1, 0.15) is 6.54 Å². The Morgan fingerprint density at radius 2 is 2.06 bits per heavy atom. The Balaban J connectivity index is 2.41. The van der Waals surface area contributed by atoms with Crippen LogP contribution in [0.15, 0.2) is 24.3 Å². The molecule has 0 bridgehead atoms. The van der Waals surface area contributed by atoms with Crippen molar-refractivity contribution < 1.29 is 9.90 Å². The molecule has 0 saturated heterocycles. The van der Waals surface area contributed by atoms with E-state index in [1.54, 1.807) is 0 Å². The number of nitrogens with zero attached hydrogens (tertiary/aromatic N) is 2. The van der Waals surface area contributed by atoms with Gasteiger partial charge in [-0.05, 0) is 25.5 Å². The van der Waals surface area contributed by atoms with Crippen LogP contribution >= 0.6 is 0 Å². The third kappa shape index (κ3) is 2.35. The molecule has 0 fully saturated rings. The average Bonchev–Trinajstić information content (AvgIpc) is 2.42. The lowest BCUT2D eigenvalue weighted by Crippen LogP contribution is -2.37. The Morgan fingerprint density at radius 3 is 2.71 bits per heavy atom. The smallest absolute Gasteiger partial charge is 0.323 e. The van der Waals surface area contributed by atoms with Crippen molar-refractivity contribution in [1.29, 1.82) is 0 Å². The molecule has 1 aliphatic heterocycles. The van der Waals surface area contributed by atoms with E-state index in [-0.39, 0.29) is 12.6 Å². The summed E-state index contributed by atoms with van der Waals surface area (Å²) in [5, 5.41) is 9.01. The number of para-hydroxylation sites is 2. The second-order valence-electron chi connectivity index (χ2n) is 4.57. The number of hydrogen-bond acceptors (Lipinski definition) is 3. The van der Waals surface area contributed by atoms with Crippen LogP contribution in [-0.4, -0.2) is 37.3 Å². The van der Waals surface area contributed by atoms with E-state index < -0.39 is 5.97 Å². The molecular formula is C13H18N2O2.